The highest BCUT2D eigenvalue weighted by molar-refractivity contribution is 5.91. The van der Waals surface area contributed by atoms with Crippen molar-refractivity contribution in [1.82, 2.24) is 19.7 Å². The van der Waals surface area contributed by atoms with Crippen LogP contribution >= 0.6 is 0 Å². The maximum absolute atomic E-state index is 12.1. The first-order valence-corrected chi connectivity index (χ1v) is 10.4. The SMILES string of the molecule is CCCCOC(=O)c1ccc(Nc2ncnc3c2cnn3-c2ccc(C)cc2C)cc1. The molecule has 1 N–H and O–H groups in total. The number of carbonyl (C=O) groups excluding carboxylic acids is 1. The number of unbranched alkanes of at least 4 members (excludes halogenated alkanes) is 1. The number of aromatic nitrogens is 4. The minimum absolute atomic E-state index is 0.306. The van der Waals surface area contributed by atoms with Crippen LogP contribution in [0.2, 0.25) is 0 Å². The van der Waals surface area contributed by atoms with Gasteiger partial charge in [-0.1, -0.05) is 31.0 Å². The van der Waals surface area contributed by atoms with Crippen LogP contribution in [0.15, 0.2) is 55.0 Å². The van der Waals surface area contributed by atoms with E-state index in [1.807, 2.05) is 22.9 Å². The molecular weight excluding hydrogens is 390 g/mol. The zero-order valence-electron chi connectivity index (χ0n) is 17.9. The van der Waals surface area contributed by atoms with Crippen molar-refractivity contribution in [1.29, 1.82) is 0 Å². The van der Waals surface area contributed by atoms with Gasteiger partial charge in [-0.3, -0.25) is 0 Å². The fraction of sp³-hybridized carbons (Fsp3) is 0.250. The quantitative estimate of drug-likeness (QED) is 0.333. The van der Waals surface area contributed by atoms with E-state index in [4.69, 9.17) is 4.74 Å². The molecular formula is C24H25N5O2. The van der Waals surface area contributed by atoms with Gasteiger partial charge < -0.3 is 10.1 Å². The summed E-state index contributed by atoms with van der Waals surface area (Å²) in [4.78, 5) is 20.9. The molecule has 2 heterocycles. The lowest BCUT2D eigenvalue weighted by Crippen LogP contribution is -2.06. The van der Waals surface area contributed by atoms with Gasteiger partial charge in [-0.05, 0) is 56.2 Å². The summed E-state index contributed by atoms with van der Waals surface area (Å²) >= 11 is 0. The first kappa shape index (κ1) is 20.5. The first-order valence-electron chi connectivity index (χ1n) is 10.4. The number of hydrogen-bond acceptors (Lipinski definition) is 6. The molecule has 0 aliphatic heterocycles. The van der Waals surface area contributed by atoms with E-state index in [0.29, 0.717) is 18.0 Å². The molecule has 0 radical (unpaired) electrons. The second-order valence-electron chi connectivity index (χ2n) is 7.50. The molecule has 4 rings (SSSR count). The van der Waals surface area contributed by atoms with Gasteiger partial charge in [0, 0.05) is 5.69 Å². The van der Waals surface area contributed by atoms with Gasteiger partial charge in [-0.2, -0.15) is 5.10 Å². The smallest absolute Gasteiger partial charge is 0.338 e. The Hall–Kier alpha value is -3.74. The highest BCUT2D eigenvalue weighted by atomic mass is 16.5. The average molecular weight is 415 g/mol. The van der Waals surface area contributed by atoms with E-state index in [1.165, 1.54) is 11.9 Å². The van der Waals surface area contributed by atoms with Crippen molar-refractivity contribution in [3.05, 3.63) is 71.7 Å². The van der Waals surface area contributed by atoms with E-state index in [1.54, 1.807) is 18.3 Å². The second-order valence-corrected chi connectivity index (χ2v) is 7.50. The number of hydrogen-bond donors (Lipinski definition) is 1. The van der Waals surface area contributed by atoms with Gasteiger partial charge in [-0.15, -0.1) is 0 Å². The minimum Gasteiger partial charge on any atom is -0.462 e. The molecule has 158 valence electrons. The van der Waals surface area contributed by atoms with E-state index < -0.39 is 0 Å². The number of carbonyl (C=O) groups is 1. The summed E-state index contributed by atoms with van der Waals surface area (Å²) in [5.41, 5.74) is 5.37. The van der Waals surface area contributed by atoms with Gasteiger partial charge in [0.2, 0.25) is 0 Å². The van der Waals surface area contributed by atoms with Crippen LogP contribution in [-0.4, -0.2) is 32.3 Å². The van der Waals surface area contributed by atoms with Crippen molar-refractivity contribution in [3.63, 3.8) is 0 Å². The van der Waals surface area contributed by atoms with Crippen LogP contribution in [0.5, 0.6) is 0 Å². The Morgan fingerprint density at radius 1 is 1.10 bits per heavy atom. The molecule has 0 aliphatic carbocycles. The summed E-state index contributed by atoms with van der Waals surface area (Å²) in [6.45, 7) is 6.63. The van der Waals surface area contributed by atoms with Gasteiger partial charge >= 0.3 is 5.97 Å². The molecule has 0 fully saturated rings. The van der Waals surface area contributed by atoms with Crippen LogP contribution in [0.4, 0.5) is 11.5 Å². The number of anilines is 2. The van der Waals surface area contributed by atoms with Crippen molar-refractivity contribution < 1.29 is 9.53 Å². The summed E-state index contributed by atoms with van der Waals surface area (Å²) in [6, 6.07) is 13.4. The van der Waals surface area contributed by atoms with Crippen molar-refractivity contribution in [2.24, 2.45) is 0 Å². The molecule has 2 aromatic carbocycles. The summed E-state index contributed by atoms with van der Waals surface area (Å²) < 4.78 is 7.08. The van der Waals surface area contributed by atoms with Gasteiger partial charge in [0.05, 0.1) is 29.4 Å². The number of nitrogens with one attached hydrogen (secondary N) is 1. The monoisotopic (exact) mass is 415 g/mol. The summed E-state index contributed by atoms with van der Waals surface area (Å²) in [5, 5.41) is 8.65. The van der Waals surface area contributed by atoms with Crippen molar-refractivity contribution in [2.75, 3.05) is 11.9 Å². The lowest BCUT2D eigenvalue weighted by Gasteiger charge is -2.09. The van der Waals surface area contributed by atoms with Gasteiger partial charge in [0.1, 0.15) is 12.1 Å². The normalized spacial score (nSPS) is 10.9. The number of fused-ring (bicyclic) bond motifs is 1. The first-order chi connectivity index (χ1) is 15.1. The molecule has 4 aromatic rings. The van der Waals surface area contributed by atoms with E-state index in [9.17, 15) is 4.79 Å². The number of aryl methyl sites for hydroxylation is 2. The van der Waals surface area contributed by atoms with Gasteiger partial charge in [0.25, 0.3) is 0 Å². The summed E-state index contributed by atoms with van der Waals surface area (Å²) in [7, 11) is 0. The molecule has 7 heteroatoms. The lowest BCUT2D eigenvalue weighted by atomic mass is 10.1. The Morgan fingerprint density at radius 3 is 2.65 bits per heavy atom. The van der Waals surface area contributed by atoms with E-state index in [2.05, 4.69) is 53.3 Å². The Morgan fingerprint density at radius 2 is 1.90 bits per heavy atom. The number of rotatable bonds is 7. The van der Waals surface area contributed by atoms with Crippen LogP contribution in [0.3, 0.4) is 0 Å². The molecule has 0 bridgehead atoms. The second kappa shape index (κ2) is 8.95. The standard InChI is InChI=1S/C24H25N5O2/c1-4-5-12-31-24(30)18-7-9-19(10-8-18)28-22-20-14-27-29(23(20)26-15-25-22)21-11-6-16(2)13-17(21)3/h6-11,13-15H,4-5,12H2,1-3H3,(H,25,26,28). The Balaban J connectivity index is 1.57. The van der Waals surface area contributed by atoms with E-state index >= 15 is 0 Å². The third-order valence-electron chi connectivity index (χ3n) is 5.06. The van der Waals surface area contributed by atoms with E-state index in [0.717, 1.165) is 40.8 Å². The van der Waals surface area contributed by atoms with Crippen LogP contribution in [0.25, 0.3) is 16.7 Å². The molecule has 2 aromatic heterocycles. The summed E-state index contributed by atoms with van der Waals surface area (Å²) in [6.07, 6.45) is 5.14. The fourth-order valence-corrected chi connectivity index (χ4v) is 3.38. The Bertz CT molecular complexity index is 1210. The molecule has 0 amide bonds. The van der Waals surface area contributed by atoms with Crippen molar-refractivity contribution in [3.8, 4) is 5.69 Å². The molecule has 7 nitrogen and oxygen atoms in total. The predicted octanol–water partition coefficient (Wildman–Crippen LogP) is 5.13. The van der Waals surface area contributed by atoms with Crippen molar-refractivity contribution >= 4 is 28.5 Å². The Kier molecular flexibility index (Phi) is 5.93. The average Bonchev–Trinajstić information content (AvgIpc) is 3.19. The molecule has 0 atom stereocenters. The summed E-state index contributed by atoms with van der Waals surface area (Å²) in [5.74, 6) is 0.346. The number of ether oxygens (including phenoxy) is 1. The van der Waals surface area contributed by atoms with Gasteiger partial charge in [0.15, 0.2) is 5.65 Å². The van der Waals surface area contributed by atoms with Crippen LogP contribution < -0.4 is 5.32 Å². The molecule has 0 unspecified atom stereocenters. The number of benzene rings is 2. The molecule has 0 aliphatic rings. The topological polar surface area (TPSA) is 81.9 Å². The predicted molar refractivity (Wildman–Crippen MR) is 121 cm³/mol. The van der Waals surface area contributed by atoms with Crippen LogP contribution in [0, 0.1) is 13.8 Å². The lowest BCUT2D eigenvalue weighted by molar-refractivity contribution is 0.0500. The molecule has 0 saturated heterocycles. The highest BCUT2D eigenvalue weighted by Crippen LogP contribution is 2.26. The minimum atomic E-state index is -0.306. The van der Waals surface area contributed by atoms with E-state index in [-0.39, 0.29) is 5.97 Å². The number of esters is 1. The maximum Gasteiger partial charge on any atom is 0.338 e. The van der Waals surface area contributed by atoms with Crippen LogP contribution in [0.1, 0.15) is 41.3 Å². The Labute approximate surface area is 181 Å². The largest absolute Gasteiger partial charge is 0.462 e. The van der Waals surface area contributed by atoms with Gasteiger partial charge in [-0.25, -0.2) is 19.4 Å². The molecule has 0 spiro atoms. The number of nitrogens with zero attached hydrogens (tertiary/aromatic N) is 4. The third kappa shape index (κ3) is 4.40. The highest BCUT2D eigenvalue weighted by Gasteiger charge is 2.13. The zero-order valence-corrected chi connectivity index (χ0v) is 17.9. The molecule has 31 heavy (non-hydrogen) atoms. The molecule has 0 saturated carbocycles. The maximum atomic E-state index is 12.1. The van der Waals surface area contributed by atoms with Crippen LogP contribution in [-0.2, 0) is 4.74 Å². The third-order valence-corrected chi connectivity index (χ3v) is 5.06. The zero-order chi connectivity index (χ0) is 21.8. The fourth-order valence-electron chi connectivity index (χ4n) is 3.38. The van der Waals surface area contributed by atoms with Crippen molar-refractivity contribution in [2.45, 2.75) is 33.6 Å².